The number of halogens is 1. The molecule has 6 heteroatoms. The van der Waals surface area contributed by atoms with Crippen molar-refractivity contribution >= 4 is 39.9 Å². The van der Waals surface area contributed by atoms with Gasteiger partial charge in [0.05, 0.1) is 4.91 Å². The smallest absolute Gasteiger partial charge is 0.293 e. The molecule has 1 aliphatic heterocycles. The molecular weight excluding hydrogens is 447 g/mol. The molecule has 0 saturated carbocycles. The zero-order chi connectivity index (χ0) is 23.5. The number of benzene rings is 3. The zero-order valence-corrected chi connectivity index (χ0v) is 19.3. The second-order valence-corrected chi connectivity index (χ2v) is 9.27. The van der Waals surface area contributed by atoms with Crippen molar-refractivity contribution in [3.05, 3.63) is 112 Å². The van der Waals surface area contributed by atoms with E-state index in [0.29, 0.717) is 18.0 Å². The number of hydrogen-bond acceptors (Lipinski definition) is 3. The molecule has 2 amide bonds. The van der Waals surface area contributed by atoms with Gasteiger partial charge in [0.2, 0.25) is 0 Å². The Labute approximate surface area is 201 Å². The van der Waals surface area contributed by atoms with Crippen molar-refractivity contribution < 1.29 is 14.0 Å². The van der Waals surface area contributed by atoms with Crippen LogP contribution in [0.15, 0.2) is 90.0 Å². The van der Waals surface area contributed by atoms with E-state index in [4.69, 9.17) is 0 Å². The SMILES string of the molecule is O=C1S/C(=C/c2cn(Cc3ccc(F)cc3)c3ccccc23)C(=O)N1CCCc1ccccc1. The van der Waals surface area contributed by atoms with Crippen LogP contribution in [-0.2, 0) is 17.8 Å². The van der Waals surface area contributed by atoms with Crippen LogP contribution in [0.4, 0.5) is 9.18 Å². The van der Waals surface area contributed by atoms with Crippen molar-refractivity contribution in [3.63, 3.8) is 0 Å². The number of amides is 2. The first-order valence-corrected chi connectivity index (χ1v) is 12.0. The van der Waals surface area contributed by atoms with Gasteiger partial charge in [0.25, 0.3) is 11.1 Å². The number of thioether (sulfide) groups is 1. The number of carbonyl (C=O) groups is 2. The van der Waals surface area contributed by atoms with Gasteiger partial charge in [0.15, 0.2) is 0 Å². The van der Waals surface area contributed by atoms with Crippen LogP contribution in [-0.4, -0.2) is 27.2 Å². The molecule has 1 aliphatic rings. The Balaban J connectivity index is 1.36. The zero-order valence-electron chi connectivity index (χ0n) is 18.5. The summed E-state index contributed by atoms with van der Waals surface area (Å²) in [5, 5.41) is 0.778. The molecule has 5 rings (SSSR count). The lowest BCUT2D eigenvalue weighted by Gasteiger charge is -2.12. The van der Waals surface area contributed by atoms with E-state index in [9.17, 15) is 14.0 Å². The lowest BCUT2D eigenvalue weighted by Crippen LogP contribution is -2.29. The van der Waals surface area contributed by atoms with E-state index in [-0.39, 0.29) is 17.0 Å². The molecular formula is C28H23FN2O2S. The third-order valence-electron chi connectivity index (χ3n) is 5.94. The molecule has 0 bridgehead atoms. The molecule has 0 spiro atoms. The summed E-state index contributed by atoms with van der Waals surface area (Å²) in [6.07, 6.45) is 5.34. The van der Waals surface area contributed by atoms with Crippen LogP contribution >= 0.6 is 11.8 Å². The van der Waals surface area contributed by atoms with E-state index >= 15 is 0 Å². The van der Waals surface area contributed by atoms with Crippen LogP contribution in [0.5, 0.6) is 0 Å². The van der Waals surface area contributed by atoms with Crippen LogP contribution in [0.25, 0.3) is 17.0 Å². The first kappa shape index (κ1) is 22.2. The topological polar surface area (TPSA) is 42.3 Å². The van der Waals surface area contributed by atoms with Gasteiger partial charge in [0, 0.05) is 35.8 Å². The first-order valence-electron chi connectivity index (χ1n) is 11.2. The second-order valence-electron chi connectivity index (χ2n) is 8.28. The van der Waals surface area contributed by atoms with Crippen LogP contribution in [0, 0.1) is 5.82 Å². The molecule has 0 unspecified atom stereocenters. The normalized spacial score (nSPS) is 15.1. The summed E-state index contributed by atoms with van der Waals surface area (Å²) >= 11 is 0.994. The molecule has 4 nitrogen and oxygen atoms in total. The summed E-state index contributed by atoms with van der Waals surface area (Å²) in [5.41, 5.74) is 4.07. The summed E-state index contributed by atoms with van der Waals surface area (Å²) in [4.78, 5) is 27.3. The van der Waals surface area contributed by atoms with Gasteiger partial charge >= 0.3 is 0 Å². The number of imide groups is 1. The summed E-state index contributed by atoms with van der Waals surface area (Å²) in [6.45, 7) is 0.985. The highest BCUT2D eigenvalue weighted by molar-refractivity contribution is 8.18. The molecule has 0 N–H and O–H groups in total. The minimum atomic E-state index is -0.263. The third kappa shape index (κ3) is 4.68. The van der Waals surface area contributed by atoms with E-state index in [2.05, 4.69) is 16.7 Å². The largest absolute Gasteiger partial charge is 0.342 e. The van der Waals surface area contributed by atoms with Gasteiger partial charge in [-0.25, -0.2) is 4.39 Å². The van der Waals surface area contributed by atoms with Gasteiger partial charge in [-0.3, -0.25) is 14.5 Å². The maximum Gasteiger partial charge on any atom is 0.293 e. The molecule has 3 aromatic carbocycles. The molecule has 0 atom stereocenters. The maximum atomic E-state index is 13.3. The number of hydrogen-bond donors (Lipinski definition) is 0. The Morgan fingerprint density at radius 2 is 1.59 bits per heavy atom. The Morgan fingerprint density at radius 3 is 2.38 bits per heavy atom. The molecule has 1 aromatic heterocycles. The van der Waals surface area contributed by atoms with Gasteiger partial charge < -0.3 is 4.57 Å². The molecule has 1 fully saturated rings. The van der Waals surface area contributed by atoms with Crippen molar-refractivity contribution in [1.82, 2.24) is 9.47 Å². The average molecular weight is 471 g/mol. The minimum absolute atomic E-state index is 0.223. The molecule has 1 saturated heterocycles. The summed E-state index contributed by atoms with van der Waals surface area (Å²) in [6, 6.07) is 24.4. The van der Waals surface area contributed by atoms with Gasteiger partial charge in [-0.15, -0.1) is 0 Å². The van der Waals surface area contributed by atoms with Crippen LogP contribution < -0.4 is 0 Å². The van der Waals surface area contributed by atoms with Crippen molar-refractivity contribution in [2.75, 3.05) is 6.54 Å². The van der Waals surface area contributed by atoms with Crippen molar-refractivity contribution in [2.45, 2.75) is 19.4 Å². The molecule has 2 heterocycles. The molecule has 4 aromatic rings. The second kappa shape index (κ2) is 9.69. The summed E-state index contributed by atoms with van der Waals surface area (Å²) in [7, 11) is 0. The summed E-state index contributed by atoms with van der Waals surface area (Å²) < 4.78 is 15.4. The Morgan fingerprint density at radius 1 is 0.853 bits per heavy atom. The fraction of sp³-hybridized carbons (Fsp3) is 0.143. The number of para-hydroxylation sites is 1. The number of nitrogens with zero attached hydrogens (tertiary/aromatic N) is 2. The van der Waals surface area contributed by atoms with Crippen molar-refractivity contribution in [2.24, 2.45) is 0 Å². The van der Waals surface area contributed by atoms with Crippen molar-refractivity contribution in [1.29, 1.82) is 0 Å². The Kier molecular flexibility index (Phi) is 6.32. The highest BCUT2D eigenvalue weighted by atomic mass is 32.2. The Hall–Kier alpha value is -3.64. The standard InChI is InChI=1S/C28H23FN2O2S/c29-23-14-12-21(13-15-23)18-30-19-22(24-10-4-5-11-25(24)30)17-26-27(32)31(28(33)34-26)16-6-9-20-7-2-1-3-8-20/h1-5,7-8,10-15,17,19H,6,9,16,18H2/b26-17+. The van der Waals surface area contributed by atoms with E-state index < -0.39 is 0 Å². The third-order valence-corrected chi connectivity index (χ3v) is 6.84. The predicted molar refractivity (Wildman–Crippen MR) is 135 cm³/mol. The predicted octanol–water partition coefficient (Wildman–Crippen LogP) is 6.50. The van der Waals surface area contributed by atoms with Crippen LogP contribution in [0.2, 0.25) is 0 Å². The fourth-order valence-corrected chi connectivity index (χ4v) is 5.08. The van der Waals surface area contributed by atoms with E-state index in [1.807, 2.05) is 54.7 Å². The fourth-order valence-electron chi connectivity index (χ4n) is 4.23. The number of aryl methyl sites for hydroxylation is 1. The van der Waals surface area contributed by atoms with Gasteiger partial charge in [-0.05, 0) is 60.0 Å². The lowest BCUT2D eigenvalue weighted by atomic mass is 10.1. The number of aromatic nitrogens is 1. The minimum Gasteiger partial charge on any atom is -0.342 e. The average Bonchev–Trinajstić information content (AvgIpc) is 3.33. The highest BCUT2D eigenvalue weighted by Crippen LogP contribution is 2.34. The maximum absolute atomic E-state index is 13.3. The monoisotopic (exact) mass is 470 g/mol. The van der Waals surface area contributed by atoms with Crippen LogP contribution in [0.3, 0.4) is 0 Å². The molecule has 0 radical (unpaired) electrons. The molecule has 34 heavy (non-hydrogen) atoms. The summed E-state index contributed by atoms with van der Waals surface area (Å²) in [5.74, 6) is -0.500. The lowest BCUT2D eigenvalue weighted by molar-refractivity contribution is -0.122. The number of rotatable bonds is 7. The van der Waals surface area contributed by atoms with Gasteiger partial charge in [-0.1, -0.05) is 60.7 Å². The van der Waals surface area contributed by atoms with E-state index in [0.717, 1.165) is 46.6 Å². The van der Waals surface area contributed by atoms with E-state index in [1.54, 1.807) is 12.1 Å². The molecule has 0 aliphatic carbocycles. The van der Waals surface area contributed by atoms with E-state index in [1.165, 1.54) is 22.6 Å². The molecule has 170 valence electrons. The first-order chi connectivity index (χ1) is 16.6. The number of carbonyl (C=O) groups excluding carboxylic acids is 2. The highest BCUT2D eigenvalue weighted by Gasteiger charge is 2.34. The quantitative estimate of drug-likeness (QED) is 0.290. The number of fused-ring (bicyclic) bond motifs is 1. The van der Waals surface area contributed by atoms with Gasteiger partial charge in [0.1, 0.15) is 5.82 Å². The van der Waals surface area contributed by atoms with Crippen molar-refractivity contribution in [3.8, 4) is 0 Å². The van der Waals surface area contributed by atoms with Crippen LogP contribution in [0.1, 0.15) is 23.1 Å². The van der Waals surface area contributed by atoms with Gasteiger partial charge in [-0.2, -0.15) is 0 Å². The Bertz CT molecular complexity index is 1380.